The summed E-state index contributed by atoms with van der Waals surface area (Å²) in [6.07, 6.45) is 0.461. The summed E-state index contributed by atoms with van der Waals surface area (Å²) in [6.45, 7) is 2.24. The smallest absolute Gasteiger partial charge is 0.264 e. The highest BCUT2D eigenvalue weighted by atomic mass is 32.2. The predicted molar refractivity (Wildman–Crippen MR) is 87.8 cm³/mol. The molecule has 1 aliphatic rings. The fourth-order valence-electron chi connectivity index (χ4n) is 2.65. The number of aryl methyl sites for hydroxylation is 1. The van der Waals surface area contributed by atoms with E-state index in [1.807, 2.05) is 11.4 Å². The minimum Gasteiger partial charge on any atom is -0.372 e. The minimum absolute atomic E-state index is 0.00136. The van der Waals surface area contributed by atoms with Gasteiger partial charge in [-0.3, -0.25) is 4.79 Å². The van der Waals surface area contributed by atoms with Crippen LogP contribution in [0, 0.1) is 6.92 Å². The van der Waals surface area contributed by atoms with E-state index < -0.39 is 15.9 Å². The van der Waals surface area contributed by atoms with Crippen LogP contribution in [0.2, 0.25) is 0 Å². The van der Waals surface area contributed by atoms with Crippen LogP contribution in [-0.2, 0) is 26.0 Å². The van der Waals surface area contributed by atoms with Crippen LogP contribution in [0.4, 0.5) is 0 Å². The topological polar surface area (TPSA) is 72.5 Å². The van der Waals surface area contributed by atoms with Crippen molar-refractivity contribution in [1.29, 1.82) is 0 Å². The Balaban J connectivity index is 1.72. The molecule has 0 bridgehead atoms. The zero-order valence-electron chi connectivity index (χ0n) is 12.6. The molecule has 1 aromatic heterocycles. The minimum atomic E-state index is -3.86. The van der Waals surface area contributed by atoms with Crippen LogP contribution in [0.5, 0.6) is 0 Å². The van der Waals surface area contributed by atoms with Gasteiger partial charge in [-0.15, -0.1) is 11.3 Å². The average Bonchev–Trinajstić information content (AvgIpc) is 2.96. The summed E-state index contributed by atoms with van der Waals surface area (Å²) in [7, 11) is -3.86. The van der Waals surface area contributed by atoms with Crippen molar-refractivity contribution in [3.63, 3.8) is 0 Å². The molecule has 0 fully saturated rings. The zero-order valence-corrected chi connectivity index (χ0v) is 14.2. The molecule has 1 atom stereocenters. The van der Waals surface area contributed by atoms with Crippen molar-refractivity contribution in [3.05, 3.63) is 51.7 Å². The maximum atomic E-state index is 12.3. The van der Waals surface area contributed by atoms with Crippen molar-refractivity contribution in [1.82, 2.24) is 4.72 Å². The predicted octanol–water partition coefficient (Wildman–Crippen LogP) is 2.57. The maximum absolute atomic E-state index is 12.3. The number of thiophene rings is 1. The van der Waals surface area contributed by atoms with Gasteiger partial charge in [0.25, 0.3) is 10.0 Å². The molecule has 0 aliphatic carbocycles. The van der Waals surface area contributed by atoms with E-state index in [-0.39, 0.29) is 17.4 Å². The van der Waals surface area contributed by atoms with E-state index in [1.165, 1.54) is 23.0 Å². The molecule has 23 heavy (non-hydrogen) atoms. The van der Waals surface area contributed by atoms with Crippen molar-refractivity contribution in [2.24, 2.45) is 0 Å². The summed E-state index contributed by atoms with van der Waals surface area (Å²) in [5.74, 6) is -0.556. The van der Waals surface area contributed by atoms with Gasteiger partial charge in [-0.1, -0.05) is 18.2 Å². The van der Waals surface area contributed by atoms with Crippen LogP contribution < -0.4 is 4.72 Å². The van der Waals surface area contributed by atoms with Gasteiger partial charge >= 0.3 is 0 Å². The molecule has 1 aliphatic heterocycles. The van der Waals surface area contributed by atoms with Gasteiger partial charge in [-0.05, 0) is 42.0 Å². The van der Waals surface area contributed by atoms with E-state index in [9.17, 15) is 13.2 Å². The van der Waals surface area contributed by atoms with Gasteiger partial charge in [-0.2, -0.15) is 0 Å². The highest BCUT2D eigenvalue weighted by Crippen LogP contribution is 2.33. The third kappa shape index (κ3) is 3.46. The Labute approximate surface area is 139 Å². The summed E-state index contributed by atoms with van der Waals surface area (Å²) in [5.41, 5.74) is 1.78. The third-order valence-electron chi connectivity index (χ3n) is 3.77. The number of sulfonamides is 1. The number of benzene rings is 1. The summed E-state index contributed by atoms with van der Waals surface area (Å²) in [4.78, 5) is 13.3. The number of amides is 1. The first-order valence-electron chi connectivity index (χ1n) is 7.26. The largest absolute Gasteiger partial charge is 0.372 e. The Hall–Kier alpha value is -1.70. The lowest BCUT2D eigenvalue weighted by atomic mass is 10.1. The standard InChI is InChI=1S/C16H17NO4S2/c1-11-4-2-3-5-14(11)23(19,20)17-15(18)10-13-16-12(6-8-21-13)7-9-22-16/h2-5,7,9,13H,6,8,10H2,1H3,(H,17,18). The SMILES string of the molecule is Cc1ccccc1S(=O)(=O)NC(=O)CC1OCCc2ccsc21. The average molecular weight is 351 g/mol. The van der Waals surface area contributed by atoms with Gasteiger partial charge in [0, 0.05) is 4.88 Å². The first kappa shape index (κ1) is 16.2. The van der Waals surface area contributed by atoms with E-state index in [4.69, 9.17) is 4.74 Å². The number of hydrogen-bond acceptors (Lipinski definition) is 5. The molecular formula is C16H17NO4S2. The quantitative estimate of drug-likeness (QED) is 0.919. The number of fused-ring (bicyclic) bond motifs is 1. The van der Waals surface area contributed by atoms with Crippen LogP contribution in [0.15, 0.2) is 40.6 Å². The molecule has 0 saturated carbocycles. The van der Waals surface area contributed by atoms with E-state index in [0.717, 1.165) is 11.3 Å². The van der Waals surface area contributed by atoms with E-state index in [2.05, 4.69) is 4.72 Å². The Morgan fingerprint density at radius 2 is 2.13 bits per heavy atom. The second-order valence-corrected chi connectivity index (χ2v) is 8.02. The third-order valence-corrected chi connectivity index (χ3v) is 6.35. The number of hydrogen-bond donors (Lipinski definition) is 1. The van der Waals surface area contributed by atoms with Crippen LogP contribution in [0.25, 0.3) is 0 Å². The van der Waals surface area contributed by atoms with Gasteiger partial charge in [-0.25, -0.2) is 13.1 Å². The molecule has 5 nitrogen and oxygen atoms in total. The van der Waals surface area contributed by atoms with Crippen LogP contribution in [0.3, 0.4) is 0 Å². The van der Waals surface area contributed by atoms with Gasteiger partial charge < -0.3 is 4.74 Å². The summed E-state index contributed by atoms with van der Waals surface area (Å²) in [6, 6.07) is 8.59. The first-order chi connectivity index (χ1) is 11.0. The second-order valence-electron chi connectivity index (χ2n) is 5.42. The van der Waals surface area contributed by atoms with Gasteiger partial charge in [0.05, 0.1) is 17.9 Å². The Bertz CT molecular complexity index is 826. The molecule has 2 aromatic rings. The molecule has 1 unspecified atom stereocenters. The Morgan fingerprint density at radius 1 is 1.35 bits per heavy atom. The molecule has 7 heteroatoms. The number of nitrogens with one attached hydrogen (secondary N) is 1. The molecule has 3 rings (SSSR count). The molecule has 1 aromatic carbocycles. The van der Waals surface area contributed by atoms with Crippen molar-refractivity contribution in [3.8, 4) is 0 Å². The van der Waals surface area contributed by atoms with E-state index in [1.54, 1.807) is 25.1 Å². The van der Waals surface area contributed by atoms with Crippen molar-refractivity contribution >= 4 is 27.3 Å². The zero-order chi connectivity index (χ0) is 16.4. The Morgan fingerprint density at radius 3 is 2.91 bits per heavy atom. The molecule has 2 heterocycles. The lowest BCUT2D eigenvalue weighted by molar-refractivity contribution is -0.122. The van der Waals surface area contributed by atoms with Gasteiger partial charge in [0.15, 0.2) is 0 Å². The first-order valence-corrected chi connectivity index (χ1v) is 9.63. The highest BCUT2D eigenvalue weighted by Gasteiger charge is 2.27. The molecule has 0 radical (unpaired) electrons. The monoisotopic (exact) mass is 351 g/mol. The molecule has 0 spiro atoms. The highest BCUT2D eigenvalue weighted by molar-refractivity contribution is 7.90. The second kappa shape index (κ2) is 6.43. The molecule has 122 valence electrons. The number of rotatable bonds is 4. The van der Waals surface area contributed by atoms with E-state index in [0.29, 0.717) is 12.2 Å². The van der Waals surface area contributed by atoms with Gasteiger partial charge in [0.2, 0.25) is 5.91 Å². The number of carbonyl (C=O) groups is 1. The van der Waals surface area contributed by atoms with E-state index >= 15 is 0 Å². The number of ether oxygens (including phenoxy) is 1. The molecular weight excluding hydrogens is 334 g/mol. The van der Waals surface area contributed by atoms with Gasteiger partial charge in [0.1, 0.15) is 6.10 Å². The maximum Gasteiger partial charge on any atom is 0.264 e. The van der Waals surface area contributed by atoms with Crippen LogP contribution in [0.1, 0.15) is 28.5 Å². The molecule has 0 saturated heterocycles. The lowest BCUT2D eigenvalue weighted by Crippen LogP contribution is -2.33. The molecule has 1 N–H and O–H groups in total. The summed E-state index contributed by atoms with van der Waals surface area (Å²) < 4.78 is 32.4. The summed E-state index contributed by atoms with van der Waals surface area (Å²) in [5, 5.41) is 1.97. The fraction of sp³-hybridized carbons (Fsp3) is 0.312. The Kier molecular flexibility index (Phi) is 4.52. The van der Waals surface area contributed by atoms with Crippen molar-refractivity contribution in [2.75, 3.05) is 6.61 Å². The number of carbonyl (C=O) groups excluding carboxylic acids is 1. The molecule has 1 amide bonds. The van der Waals surface area contributed by atoms with Crippen LogP contribution >= 0.6 is 11.3 Å². The summed E-state index contributed by atoms with van der Waals surface area (Å²) >= 11 is 1.54. The van der Waals surface area contributed by atoms with Crippen LogP contribution in [-0.4, -0.2) is 20.9 Å². The van der Waals surface area contributed by atoms with Crippen molar-refractivity contribution in [2.45, 2.75) is 30.8 Å². The lowest BCUT2D eigenvalue weighted by Gasteiger charge is -2.22. The normalized spacial score (nSPS) is 17.5. The fourth-order valence-corrected chi connectivity index (χ4v) is 4.89. The van der Waals surface area contributed by atoms with Crippen molar-refractivity contribution < 1.29 is 17.9 Å².